The van der Waals surface area contributed by atoms with E-state index < -0.39 is 0 Å². The zero-order valence-corrected chi connectivity index (χ0v) is 12.2. The van der Waals surface area contributed by atoms with Crippen molar-refractivity contribution in [3.05, 3.63) is 29.3 Å². The molecule has 1 aliphatic heterocycles. The van der Waals surface area contributed by atoms with E-state index in [0.717, 1.165) is 5.75 Å². The number of nitrogens with zero attached hydrogens (tertiary/aromatic N) is 1. The largest absolute Gasteiger partial charge is 0.496 e. The van der Waals surface area contributed by atoms with Gasteiger partial charge in [0, 0.05) is 12.6 Å². The van der Waals surface area contributed by atoms with Gasteiger partial charge in [0.1, 0.15) is 5.75 Å². The van der Waals surface area contributed by atoms with Crippen molar-refractivity contribution in [2.24, 2.45) is 5.73 Å². The molecule has 1 aliphatic rings. The quantitative estimate of drug-likeness (QED) is 0.906. The Bertz CT molecular complexity index is 398. The molecule has 2 rings (SSSR count). The summed E-state index contributed by atoms with van der Waals surface area (Å²) < 4.78 is 5.33. The first-order chi connectivity index (χ1) is 9.26. The van der Waals surface area contributed by atoms with Crippen molar-refractivity contribution in [1.82, 2.24) is 4.90 Å². The van der Waals surface area contributed by atoms with Crippen molar-refractivity contribution in [2.75, 3.05) is 26.7 Å². The Morgan fingerprint density at radius 2 is 1.89 bits per heavy atom. The summed E-state index contributed by atoms with van der Waals surface area (Å²) in [5.74, 6) is 0.954. The summed E-state index contributed by atoms with van der Waals surface area (Å²) in [6, 6.07) is 6.79. The molecule has 3 nitrogen and oxygen atoms in total. The number of likely N-dealkylation sites (tertiary alicyclic amines) is 1. The summed E-state index contributed by atoms with van der Waals surface area (Å²) in [6.07, 6.45) is 5.31. The summed E-state index contributed by atoms with van der Waals surface area (Å²) in [7, 11) is 1.72. The number of hydrogen-bond donors (Lipinski definition) is 1. The summed E-state index contributed by atoms with van der Waals surface area (Å²) in [6.45, 7) is 5.13. The summed E-state index contributed by atoms with van der Waals surface area (Å²) in [4.78, 5) is 2.55. The molecule has 0 aromatic heterocycles. The Balaban J connectivity index is 2.18. The normalized spacial score (nSPS) is 18.9. The minimum Gasteiger partial charge on any atom is -0.496 e. The molecular formula is C16H26N2O. The van der Waals surface area contributed by atoms with Gasteiger partial charge in [0.15, 0.2) is 0 Å². The van der Waals surface area contributed by atoms with Crippen molar-refractivity contribution < 1.29 is 4.74 Å². The maximum absolute atomic E-state index is 6.03. The second kappa shape index (κ2) is 6.92. The Kier molecular flexibility index (Phi) is 5.23. The maximum atomic E-state index is 6.03. The van der Waals surface area contributed by atoms with Gasteiger partial charge < -0.3 is 10.5 Å². The molecule has 19 heavy (non-hydrogen) atoms. The predicted molar refractivity (Wildman–Crippen MR) is 79.6 cm³/mol. The molecule has 1 saturated heterocycles. The number of ether oxygens (including phenoxy) is 1. The third-order valence-corrected chi connectivity index (χ3v) is 4.11. The van der Waals surface area contributed by atoms with Crippen LogP contribution in [-0.2, 0) is 0 Å². The van der Waals surface area contributed by atoms with E-state index in [1.165, 1.54) is 49.9 Å². The molecular weight excluding hydrogens is 236 g/mol. The van der Waals surface area contributed by atoms with E-state index in [9.17, 15) is 0 Å². The second-order valence-corrected chi connectivity index (χ2v) is 5.43. The van der Waals surface area contributed by atoms with Gasteiger partial charge in [-0.3, -0.25) is 4.90 Å². The smallest absolute Gasteiger partial charge is 0.121 e. The van der Waals surface area contributed by atoms with Crippen molar-refractivity contribution in [2.45, 2.75) is 38.6 Å². The number of nitrogens with two attached hydrogens (primary N) is 1. The van der Waals surface area contributed by atoms with E-state index in [0.29, 0.717) is 12.6 Å². The van der Waals surface area contributed by atoms with Crippen LogP contribution >= 0.6 is 0 Å². The Hall–Kier alpha value is -1.06. The fourth-order valence-corrected chi connectivity index (χ4v) is 3.01. The topological polar surface area (TPSA) is 38.5 Å². The van der Waals surface area contributed by atoms with Crippen LogP contribution in [-0.4, -0.2) is 31.6 Å². The van der Waals surface area contributed by atoms with Gasteiger partial charge in [0.2, 0.25) is 0 Å². The van der Waals surface area contributed by atoms with E-state index in [-0.39, 0.29) is 0 Å². The molecule has 106 valence electrons. The van der Waals surface area contributed by atoms with Crippen molar-refractivity contribution in [3.63, 3.8) is 0 Å². The molecule has 0 aliphatic carbocycles. The molecule has 2 N–H and O–H groups in total. The Morgan fingerprint density at radius 3 is 2.42 bits per heavy atom. The number of methoxy groups -OCH3 is 1. The highest BCUT2D eigenvalue weighted by Crippen LogP contribution is 2.27. The van der Waals surface area contributed by atoms with Crippen LogP contribution in [0.15, 0.2) is 18.2 Å². The molecule has 0 bridgehead atoms. The maximum Gasteiger partial charge on any atom is 0.121 e. The highest BCUT2D eigenvalue weighted by atomic mass is 16.5. The van der Waals surface area contributed by atoms with Crippen molar-refractivity contribution in [1.29, 1.82) is 0 Å². The third kappa shape index (κ3) is 3.48. The Morgan fingerprint density at radius 1 is 1.21 bits per heavy atom. The van der Waals surface area contributed by atoms with Gasteiger partial charge >= 0.3 is 0 Å². The molecule has 1 fully saturated rings. The first kappa shape index (κ1) is 14.4. The van der Waals surface area contributed by atoms with E-state index in [2.05, 4.69) is 30.0 Å². The van der Waals surface area contributed by atoms with Crippen LogP contribution in [0.4, 0.5) is 0 Å². The fraction of sp³-hybridized carbons (Fsp3) is 0.625. The van der Waals surface area contributed by atoms with Crippen LogP contribution in [0.2, 0.25) is 0 Å². The zero-order chi connectivity index (χ0) is 13.7. The lowest BCUT2D eigenvalue weighted by Gasteiger charge is -2.30. The van der Waals surface area contributed by atoms with Gasteiger partial charge in [0.05, 0.1) is 7.11 Å². The van der Waals surface area contributed by atoms with Crippen molar-refractivity contribution in [3.8, 4) is 5.75 Å². The molecule has 3 heteroatoms. The van der Waals surface area contributed by atoms with Gasteiger partial charge in [-0.25, -0.2) is 0 Å². The fourth-order valence-electron chi connectivity index (χ4n) is 3.01. The lowest BCUT2D eigenvalue weighted by atomic mass is 10.0. The van der Waals surface area contributed by atoms with E-state index in [1.807, 2.05) is 0 Å². The molecule has 1 aromatic carbocycles. The van der Waals surface area contributed by atoms with Gasteiger partial charge in [-0.05, 0) is 50.0 Å². The molecule has 0 saturated carbocycles. The number of hydrogen-bond acceptors (Lipinski definition) is 3. The number of rotatable bonds is 4. The van der Waals surface area contributed by atoms with Crippen LogP contribution in [0.25, 0.3) is 0 Å². The van der Waals surface area contributed by atoms with E-state index in [1.54, 1.807) is 7.11 Å². The SMILES string of the molecule is COc1ccc(C(CN)N2CCCCCC2)cc1C. The average Bonchev–Trinajstić information content (AvgIpc) is 2.69. The van der Waals surface area contributed by atoms with E-state index in [4.69, 9.17) is 10.5 Å². The number of aryl methyl sites for hydroxylation is 1. The number of benzene rings is 1. The molecule has 0 spiro atoms. The van der Waals surface area contributed by atoms with Crippen LogP contribution in [0.5, 0.6) is 5.75 Å². The van der Waals surface area contributed by atoms with Gasteiger partial charge in [0.25, 0.3) is 0 Å². The minimum absolute atomic E-state index is 0.350. The molecule has 1 unspecified atom stereocenters. The molecule has 1 heterocycles. The lowest BCUT2D eigenvalue weighted by molar-refractivity contribution is 0.209. The highest BCUT2D eigenvalue weighted by molar-refractivity contribution is 5.37. The molecule has 0 radical (unpaired) electrons. The van der Waals surface area contributed by atoms with Crippen LogP contribution < -0.4 is 10.5 Å². The van der Waals surface area contributed by atoms with Gasteiger partial charge in [-0.1, -0.05) is 25.0 Å². The van der Waals surface area contributed by atoms with Gasteiger partial charge in [-0.15, -0.1) is 0 Å². The summed E-state index contributed by atoms with van der Waals surface area (Å²) in [5.41, 5.74) is 8.54. The lowest BCUT2D eigenvalue weighted by Crippen LogP contribution is -2.34. The molecule has 1 atom stereocenters. The standard InChI is InChI=1S/C16H26N2O/c1-13-11-14(7-8-16(13)19-2)15(12-17)18-9-5-3-4-6-10-18/h7-8,11,15H,3-6,9-10,12,17H2,1-2H3. The monoisotopic (exact) mass is 262 g/mol. The molecule has 1 aromatic rings. The van der Waals surface area contributed by atoms with Gasteiger partial charge in [-0.2, -0.15) is 0 Å². The minimum atomic E-state index is 0.350. The van der Waals surface area contributed by atoms with Crippen LogP contribution in [0.1, 0.15) is 42.9 Å². The third-order valence-electron chi connectivity index (χ3n) is 4.11. The van der Waals surface area contributed by atoms with Crippen molar-refractivity contribution >= 4 is 0 Å². The van der Waals surface area contributed by atoms with E-state index >= 15 is 0 Å². The summed E-state index contributed by atoms with van der Waals surface area (Å²) in [5, 5.41) is 0. The summed E-state index contributed by atoms with van der Waals surface area (Å²) >= 11 is 0. The Labute approximate surface area is 116 Å². The van der Waals surface area contributed by atoms with Crippen LogP contribution in [0, 0.1) is 6.92 Å². The predicted octanol–water partition coefficient (Wildman–Crippen LogP) is 2.88. The van der Waals surface area contributed by atoms with Crippen LogP contribution in [0.3, 0.4) is 0 Å². The first-order valence-corrected chi connectivity index (χ1v) is 7.35. The second-order valence-electron chi connectivity index (χ2n) is 5.43. The first-order valence-electron chi connectivity index (χ1n) is 7.35. The average molecular weight is 262 g/mol. The zero-order valence-electron chi connectivity index (χ0n) is 12.2. The highest BCUT2D eigenvalue weighted by Gasteiger charge is 2.20. The molecule has 0 amide bonds.